The molecule has 2 aromatic carbocycles. The van der Waals surface area contributed by atoms with Crippen LogP contribution >= 0.6 is 0 Å². The highest BCUT2D eigenvalue weighted by atomic mass is 16.5. The van der Waals surface area contributed by atoms with E-state index in [1.165, 1.54) is 5.56 Å². The van der Waals surface area contributed by atoms with Crippen LogP contribution in [0.2, 0.25) is 0 Å². The number of carbonyl (C=O) groups excluding carboxylic acids is 2. The third-order valence-corrected chi connectivity index (χ3v) is 3.76. The van der Waals surface area contributed by atoms with Gasteiger partial charge in [-0.25, -0.2) is 4.79 Å². The van der Waals surface area contributed by atoms with Crippen LogP contribution in [0.25, 0.3) is 0 Å². The van der Waals surface area contributed by atoms with Crippen LogP contribution in [-0.4, -0.2) is 11.9 Å². The Hall–Kier alpha value is -2.62. The molecule has 0 aliphatic carbocycles. The van der Waals surface area contributed by atoms with Crippen molar-refractivity contribution in [1.29, 1.82) is 0 Å². The Morgan fingerprint density at radius 2 is 1.86 bits per heavy atom. The minimum Gasteiger partial charge on any atom is -0.453 e. The first kappa shape index (κ1) is 14.3. The molecule has 0 aromatic heterocycles. The molecular weight excluding hydrogens is 278 g/mol. The topological polar surface area (TPSA) is 55.4 Å². The fourth-order valence-corrected chi connectivity index (χ4v) is 2.52. The van der Waals surface area contributed by atoms with Gasteiger partial charge in [0.25, 0.3) is 0 Å². The molecule has 1 amide bonds. The van der Waals surface area contributed by atoms with Crippen molar-refractivity contribution < 1.29 is 14.3 Å². The number of hydrogen-bond acceptors (Lipinski definition) is 3. The summed E-state index contributed by atoms with van der Waals surface area (Å²) in [7, 11) is 0. The van der Waals surface area contributed by atoms with Crippen molar-refractivity contribution in [1.82, 2.24) is 5.32 Å². The van der Waals surface area contributed by atoms with Crippen LogP contribution in [0.15, 0.2) is 48.5 Å². The predicted octanol–water partition coefficient (Wildman–Crippen LogP) is 2.91. The van der Waals surface area contributed by atoms with Gasteiger partial charge < -0.3 is 10.1 Å². The fourth-order valence-electron chi connectivity index (χ4n) is 2.52. The SMILES string of the molecule is Cc1ccc(CNC(=O)C[C@@H]2OC(=O)c3ccccc32)cc1. The van der Waals surface area contributed by atoms with Gasteiger partial charge in [-0.05, 0) is 18.6 Å². The average Bonchev–Trinajstić information content (AvgIpc) is 2.83. The maximum atomic E-state index is 12.1. The first-order valence-electron chi connectivity index (χ1n) is 7.25. The van der Waals surface area contributed by atoms with E-state index in [-0.39, 0.29) is 18.3 Å². The van der Waals surface area contributed by atoms with E-state index in [1.807, 2.05) is 43.3 Å². The molecule has 22 heavy (non-hydrogen) atoms. The molecule has 0 saturated heterocycles. The Kier molecular flexibility index (Phi) is 3.92. The number of aryl methyl sites for hydroxylation is 1. The lowest BCUT2D eigenvalue weighted by molar-refractivity contribution is -0.123. The molecule has 2 aromatic rings. The average molecular weight is 295 g/mol. The molecule has 0 unspecified atom stereocenters. The lowest BCUT2D eigenvalue weighted by Gasteiger charge is -2.11. The van der Waals surface area contributed by atoms with Gasteiger partial charge in [0.1, 0.15) is 6.10 Å². The summed E-state index contributed by atoms with van der Waals surface area (Å²) in [5, 5.41) is 2.86. The zero-order valence-electron chi connectivity index (χ0n) is 12.3. The number of nitrogens with one attached hydrogen (secondary N) is 1. The largest absolute Gasteiger partial charge is 0.453 e. The van der Waals surface area contributed by atoms with E-state index < -0.39 is 6.10 Å². The first-order valence-corrected chi connectivity index (χ1v) is 7.25. The van der Waals surface area contributed by atoms with Crippen LogP contribution in [0.1, 0.15) is 39.6 Å². The first-order chi connectivity index (χ1) is 10.6. The number of hydrogen-bond donors (Lipinski definition) is 1. The molecule has 4 heteroatoms. The number of benzene rings is 2. The van der Waals surface area contributed by atoms with Gasteiger partial charge >= 0.3 is 5.97 Å². The van der Waals surface area contributed by atoms with Gasteiger partial charge in [-0.2, -0.15) is 0 Å². The van der Waals surface area contributed by atoms with Crippen molar-refractivity contribution in [2.24, 2.45) is 0 Å². The smallest absolute Gasteiger partial charge is 0.339 e. The Morgan fingerprint density at radius 3 is 2.64 bits per heavy atom. The number of esters is 1. The Bertz CT molecular complexity index is 707. The van der Waals surface area contributed by atoms with Crippen LogP contribution in [0, 0.1) is 6.92 Å². The van der Waals surface area contributed by atoms with E-state index in [1.54, 1.807) is 12.1 Å². The molecule has 1 aliphatic heterocycles. The fraction of sp³-hybridized carbons (Fsp3) is 0.222. The number of cyclic esters (lactones) is 1. The zero-order chi connectivity index (χ0) is 15.5. The molecule has 0 spiro atoms. The molecule has 1 aliphatic rings. The second-order valence-corrected chi connectivity index (χ2v) is 5.45. The molecule has 112 valence electrons. The summed E-state index contributed by atoms with van der Waals surface area (Å²) in [5.74, 6) is -0.484. The van der Waals surface area contributed by atoms with Crippen LogP contribution in [0.3, 0.4) is 0 Å². The van der Waals surface area contributed by atoms with Gasteiger partial charge in [0.15, 0.2) is 0 Å². The summed E-state index contributed by atoms with van der Waals surface area (Å²) in [6, 6.07) is 15.2. The van der Waals surface area contributed by atoms with E-state index in [4.69, 9.17) is 4.74 Å². The lowest BCUT2D eigenvalue weighted by atomic mass is 10.0. The minimum absolute atomic E-state index is 0.130. The molecule has 3 rings (SSSR count). The van der Waals surface area contributed by atoms with Crippen molar-refractivity contribution in [2.45, 2.75) is 26.0 Å². The molecule has 0 fully saturated rings. The molecule has 0 radical (unpaired) electrons. The Labute approximate surface area is 129 Å². The number of fused-ring (bicyclic) bond motifs is 1. The van der Waals surface area contributed by atoms with E-state index in [9.17, 15) is 9.59 Å². The van der Waals surface area contributed by atoms with Crippen LogP contribution in [-0.2, 0) is 16.1 Å². The van der Waals surface area contributed by atoms with Crippen molar-refractivity contribution in [3.63, 3.8) is 0 Å². The van der Waals surface area contributed by atoms with Crippen molar-refractivity contribution in [2.75, 3.05) is 0 Å². The van der Waals surface area contributed by atoms with E-state index >= 15 is 0 Å². The predicted molar refractivity (Wildman–Crippen MR) is 82.2 cm³/mol. The van der Waals surface area contributed by atoms with Gasteiger partial charge in [-0.15, -0.1) is 0 Å². The number of amides is 1. The normalized spacial score (nSPS) is 16.0. The maximum absolute atomic E-state index is 12.1. The standard InChI is InChI=1S/C18H17NO3/c1-12-6-8-13(9-7-12)11-19-17(20)10-16-14-4-2-3-5-15(14)18(21)22-16/h2-9,16H,10-11H2,1H3,(H,19,20)/t16-/m0/s1. The van der Waals surface area contributed by atoms with Gasteiger partial charge in [0, 0.05) is 12.1 Å². The monoisotopic (exact) mass is 295 g/mol. The van der Waals surface area contributed by atoms with Gasteiger partial charge in [0.2, 0.25) is 5.91 Å². The summed E-state index contributed by atoms with van der Waals surface area (Å²) >= 11 is 0. The summed E-state index contributed by atoms with van der Waals surface area (Å²) in [6.45, 7) is 2.50. The van der Waals surface area contributed by atoms with E-state index in [2.05, 4.69) is 5.32 Å². The zero-order valence-corrected chi connectivity index (χ0v) is 12.3. The summed E-state index contributed by atoms with van der Waals surface area (Å²) in [4.78, 5) is 23.8. The molecule has 0 saturated carbocycles. The van der Waals surface area contributed by atoms with Crippen molar-refractivity contribution in [3.05, 3.63) is 70.8 Å². The van der Waals surface area contributed by atoms with Crippen molar-refractivity contribution in [3.8, 4) is 0 Å². The molecule has 0 bridgehead atoms. The van der Waals surface area contributed by atoms with Gasteiger partial charge in [0.05, 0.1) is 12.0 Å². The molecule has 1 N–H and O–H groups in total. The summed E-state index contributed by atoms with van der Waals surface area (Å²) in [5.41, 5.74) is 3.57. The minimum atomic E-state index is -0.485. The lowest BCUT2D eigenvalue weighted by Crippen LogP contribution is -2.24. The highest BCUT2D eigenvalue weighted by molar-refractivity contribution is 5.94. The second kappa shape index (κ2) is 6.02. The van der Waals surface area contributed by atoms with Crippen LogP contribution < -0.4 is 5.32 Å². The van der Waals surface area contributed by atoms with Gasteiger partial charge in [-0.1, -0.05) is 48.0 Å². The van der Waals surface area contributed by atoms with Gasteiger partial charge in [-0.3, -0.25) is 4.79 Å². The highest BCUT2D eigenvalue weighted by Crippen LogP contribution is 2.32. The summed E-state index contributed by atoms with van der Waals surface area (Å²) < 4.78 is 5.27. The quantitative estimate of drug-likeness (QED) is 0.882. The molecule has 4 nitrogen and oxygen atoms in total. The third-order valence-electron chi connectivity index (χ3n) is 3.76. The molecule has 1 heterocycles. The Balaban J connectivity index is 1.59. The number of rotatable bonds is 4. The Morgan fingerprint density at radius 1 is 1.14 bits per heavy atom. The van der Waals surface area contributed by atoms with Crippen LogP contribution in [0.5, 0.6) is 0 Å². The van der Waals surface area contributed by atoms with E-state index in [0.717, 1.165) is 11.1 Å². The third kappa shape index (κ3) is 3.01. The highest BCUT2D eigenvalue weighted by Gasteiger charge is 2.31. The second-order valence-electron chi connectivity index (χ2n) is 5.45. The van der Waals surface area contributed by atoms with Crippen molar-refractivity contribution >= 4 is 11.9 Å². The number of ether oxygens (including phenoxy) is 1. The molecule has 1 atom stereocenters. The van der Waals surface area contributed by atoms with Crippen LogP contribution in [0.4, 0.5) is 0 Å². The molecular formula is C18H17NO3. The van der Waals surface area contributed by atoms with E-state index in [0.29, 0.717) is 12.1 Å². The summed E-state index contributed by atoms with van der Waals surface area (Å²) in [6.07, 6.45) is -0.337. The number of carbonyl (C=O) groups is 2. The maximum Gasteiger partial charge on any atom is 0.339 e.